The van der Waals surface area contributed by atoms with Crippen molar-refractivity contribution in [2.75, 3.05) is 24.5 Å². The first kappa shape index (κ1) is 20.8. The predicted octanol–water partition coefficient (Wildman–Crippen LogP) is 6.41. The molecular weight excluding hydrogens is 428 g/mol. The number of hydrogen-bond acceptors (Lipinski definition) is 2. The Morgan fingerprint density at radius 3 is 2.55 bits per heavy atom. The second-order valence-electron chi connectivity index (χ2n) is 9.89. The molecule has 3 aromatic carbocycles. The van der Waals surface area contributed by atoms with Crippen molar-refractivity contribution in [2.45, 2.75) is 43.6 Å². The summed E-state index contributed by atoms with van der Waals surface area (Å²) in [7, 11) is 0. The first-order chi connectivity index (χ1) is 16.1. The van der Waals surface area contributed by atoms with Crippen molar-refractivity contribution in [1.82, 2.24) is 4.90 Å². The third kappa shape index (κ3) is 3.73. The van der Waals surface area contributed by atoms with Crippen LogP contribution in [0.3, 0.4) is 0 Å². The van der Waals surface area contributed by atoms with E-state index < -0.39 is 0 Å². The van der Waals surface area contributed by atoms with Crippen LogP contribution in [0, 0.1) is 0 Å². The van der Waals surface area contributed by atoms with Crippen LogP contribution in [0.1, 0.15) is 58.6 Å². The van der Waals surface area contributed by atoms with E-state index >= 15 is 0 Å². The number of para-hydroxylation sites is 1. The van der Waals surface area contributed by atoms with Gasteiger partial charge in [0.05, 0.1) is 0 Å². The number of benzene rings is 3. The first-order valence-electron chi connectivity index (χ1n) is 12.1. The molecule has 0 unspecified atom stereocenters. The van der Waals surface area contributed by atoms with Crippen molar-refractivity contribution in [3.05, 3.63) is 100 Å². The minimum absolute atomic E-state index is 0.180. The third-order valence-corrected chi connectivity index (χ3v) is 8.04. The summed E-state index contributed by atoms with van der Waals surface area (Å²) in [5.74, 6) is 0.716. The number of hydrogen-bond donors (Lipinski definition) is 0. The molecule has 2 heterocycles. The fourth-order valence-electron chi connectivity index (χ4n) is 6.03. The van der Waals surface area contributed by atoms with Crippen molar-refractivity contribution < 1.29 is 4.79 Å². The third-order valence-electron chi connectivity index (χ3n) is 7.79. The molecule has 1 amide bonds. The molecule has 3 nitrogen and oxygen atoms in total. The van der Waals surface area contributed by atoms with E-state index in [0.29, 0.717) is 5.92 Å². The Hall–Kier alpha value is -2.78. The van der Waals surface area contributed by atoms with E-state index in [1.54, 1.807) is 0 Å². The molecule has 1 aliphatic carbocycles. The van der Waals surface area contributed by atoms with Gasteiger partial charge in [0.25, 0.3) is 5.91 Å². The molecule has 0 aromatic heterocycles. The van der Waals surface area contributed by atoms with Gasteiger partial charge in [0, 0.05) is 47.9 Å². The minimum atomic E-state index is 0.180. The Labute approximate surface area is 201 Å². The summed E-state index contributed by atoms with van der Waals surface area (Å²) in [6.45, 7) is 3.62. The van der Waals surface area contributed by atoms with Gasteiger partial charge in [0.15, 0.2) is 0 Å². The van der Waals surface area contributed by atoms with E-state index in [2.05, 4.69) is 53.4 Å². The van der Waals surface area contributed by atoms with Crippen LogP contribution < -0.4 is 4.90 Å². The molecule has 3 aromatic rings. The smallest absolute Gasteiger partial charge is 0.253 e. The van der Waals surface area contributed by atoms with Gasteiger partial charge < -0.3 is 9.80 Å². The maximum absolute atomic E-state index is 13.0. The molecule has 168 valence electrons. The summed E-state index contributed by atoms with van der Waals surface area (Å²) >= 11 is 6.13. The molecule has 1 saturated heterocycles. The molecule has 4 heteroatoms. The molecule has 2 fully saturated rings. The van der Waals surface area contributed by atoms with Crippen LogP contribution in [0.5, 0.6) is 0 Å². The zero-order valence-corrected chi connectivity index (χ0v) is 19.6. The Balaban J connectivity index is 1.24. The molecule has 0 radical (unpaired) electrons. The molecule has 33 heavy (non-hydrogen) atoms. The zero-order chi connectivity index (χ0) is 22.4. The van der Waals surface area contributed by atoms with E-state index in [-0.39, 0.29) is 11.3 Å². The number of nitrogens with zero attached hydrogens (tertiary/aromatic N) is 2. The van der Waals surface area contributed by atoms with Crippen LogP contribution >= 0.6 is 11.6 Å². The second kappa shape index (κ2) is 8.22. The first-order valence-corrected chi connectivity index (χ1v) is 12.5. The molecular formula is C29H29ClN2O. The van der Waals surface area contributed by atoms with Gasteiger partial charge in [-0.05, 0) is 78.6 Å². The summed E-state index contributed by atoms with van der Waals surface area (Å²) in [4.78, 5) is 17.6. The summed E-state index contributed by atoms with van der Waals surface area (Å²) in [5.41, 5.74) is 6.39. The summed E-state index contributed by atoms with van der Waals surface area (Å²) in [5, 5.41) is 0.792. The van der Waals surface area contributed by atoms with Crippen molar-refractivity contribution >= 4 is 23.2 Å². The number of rotatable bonds is 4. The normalized spacial score (nSPS) is 23.6. The molecule has 2 aliphatic heterocycles. The number of carbonyl (C=O) groups excluding carboxylic acids is 1. The van der Waals surface area contributed by atoms with Crippen LogP contribution in [0.4, 0.5) is 5.69 Å². The number of halogens is 1. The van der Waals surface area contributed by atoms with Gasteiger partial charge in [0.2, 0.25) is 0 Å². The molecule has 3 aliphatic rings. The molecule has 0 bridgehead atoms. The summed E-state index contributed by atoms with van der Waals surface area (Å²) in [6.07, 6.45) is 4.65. The van der Waals surface area contributed by atoms with Crippen molar-refractivity contribution in [1.29, 1.82) is 0 Å². The van der Waals surface area contributed by atoms with Crippen molar-refractivity contribution in [3.8, 4) is 0 Å². The number of likely N-dealkylation sites (tertiary alicyclic amines) is 1. The molecule has 0 N–H and O–H groups in total. The average Bonchev–Trinajstić information content (AvgIpc) is 3.50. The van der Waals surface area contributed by atoms with Crippen LogP contribution in [0.25, 0.3) is 0 Å². The maximum Gasteiger partial charge on any atom is 0.253 e. The highest BCUT2D eigenvalue weighted by molar-refractivity contribution is 6.30. The SMILES string of the molecule is O=C(c1cccc(CN2C[C@@]3(C[C@H]3c3ccc(Cl)cc3)c3ccccc32)c1)N1CCCCC1. The van der Waals surface area contributed by atoms with E-state index in [0.717, 1.165) is 49.6 Å². The highest BCUT2D eigenvalue weighted by atomic mass is 35.5. The van der Waals surface area contributed by atoms with Crippen molar-refractivity contribution in [2.24, 2.45) is 0 Å². The monoisotopic (exact) mass is 456 g/mol. The topological polar surface area (TPSA) is 23.6 Å². The fraction of sp³-hybridized carbons (Fsp3) is 0.345. The second-order valence-corrected chi connectivity index (χ2v) is 10.3. The highest BCUT2D eigenvalue weighted by Crippen LogP contribution is 2.65. The Bertz CT molecular complexity index is 1180. The summed E-state index contributed by atoms with van der Waals surface area (Å²) < 4.78 is 0. The number of carbonyl (C=O) groups is 1. The molecule has 2 atom stereocenters. The Morgan fingerprint density at radius 1 is 0.939 bits per heavy atom. The molecule has 1 spiro atoms. The zero-order valence-electron chi connectivity index (χ0n) is 18.8. The average molecular weight is 457 g/mol. The molecule has 1 saturated carbocycles. The van der Waals surface area contributed by atoms with E-state index in [9.17, 15) is 4.79 Å². The van der Waals surface area contributed by atoms with Crippen LogP contribution in [-0.2, 0) is 12.0 Å². The Morgan fingerprint density at radius 2 is 1.73 bits per heavy atom. The van der Waals surface area contributed by atoms with Crippen molar-refractivity contribution in [3.63, 3.8) is 0 Å². The van der Waals surface area contributed by atoms with Crippen LogP contribution in [0.15, 0.2) is 72.8 Å². The van der Waals surface area contributed by atoms with E-state index in [1.165, 1.54) is 35.2 Å². The summed E-state index contributed by atoms with van der Waals surface area (Å²) in [6, 6.07) is 25.5. The largest absolute Gasteiger partial charge is 0.366 e. The van der Waals surface area contributed by atoms with Gasteiger partial charge in [-0.1, -0.05) is 54.1 Å². The lowest BCUT2D eigenvalue weighted by Gasteiger charge is -2.27. The van der Waals surface area contributed by atoms with Gasteiger partial charge in [-0.25, -0.2) is 0 Å². The van der Waals surface area contributed by atoms with Gasteiger partial charge in [0.1, 0.15) is 0 Å². The van der Waals surface area contributed by atoms with Crippen LogP contribution in [-0.4, -0.2) is 30.4 Å². The fourth-order valence-corrected chi connectivity index (χ4v) is 6.16. The number of piperidine rings is 1. The van der Waals surface area contributed by atoms with Crippen LogP contribution in [0.2, 0.25) is 5.02 Å². The quantitative estimate of drug-likeness (QED) is 0.452. The van der Waals surface area contributed by atoms with Gasteiger partial charge in [-0.2, -0.15) is 0 Å². The standard InChI is InChI=1S/C29H29ClN2O/c30-24-13-11-22(12-14-24)26-18-29(26)20-32(27-10-3-2-9-25(27)29)19-21-7-6-8-23(17-21)28(33)31-15-4-1-5-16-31/h2-3,6-14,17,26H,1,4-5,15-16,18-20H2/t26-,29-/m0/s1. The predicted molar refractivity (Wildman–Crippen MR) is 134 cm³/mol. The van der Waals surface area contributed by atoms with Gasteiger partial charge in [-0.3, -0.25) is 4.79 Å². The highest BCUT2D eigenvalue weighted by Gasteiger charge is 2.60. The lowest BCUT2D eigenvalue weighted by atomic mass is 9.93. The van der Waals surface area contributed by atoms with Gasteiger partial charge in [-0.15, -0.1) is 0 Å². The lowest BCUT2D eigenvalue weighted by Crippen LogP contribution is -2.35. The van der Waals surface area contributed by atoms with E-state index in [1.807, 2.05) is 29.2 Å². The maximum atomic E-state index is 13.0. The van der Waals surface area contributed by atoms with E-state index in [4.69, 9.17) is 11.6 Å². The minimum Gasteiger partial charge on any atom is -0.366 e. The molecule has 6 rings (SSSR count). The number of fused-ring (bicyclic) bond motifs is 2. The number of anilines is 1. The lowest BCUT2D eigenvalue weighted by molar-refractivity contribution is 0.0724. The Kier molecular flexibility index (Phi) is 5.18. The number of amides is 1. The van der Waals surface area contributed by atoms with Gasteiger partial charge >= 0.3 is 0 Å².